The van der Waals surface area contributed by atoms with Gasteiger partial charge in [-0.05, 0) is 26.5 Å². The highest BCUT2D eigenvalue weighted by atomic mass is 16.6. The summed E-state index contributed by atoms with van der Waals surface area (Å²) < 4.78 is 5.48. The molecule has 3 N–H and O–H groups in total. The van der Waals surface area contributed by atoms with Crippen LogP contribution in [0.25, 0.3) is 0 Å². The first-order chi connectivity index (χ1) is 9.45. The number of hydrogen-bond donors (Lipinski definition) is 2. The van der Waals surface area contributed by atoms with E-state index in [2.05, 4.69) is 5.43 Å². The zero-order valence-electron chi connectivity index (χ0n) is 12.1. The van der Waals surface area contributed by atoms with E-state index in [0.717, 1.165) is 12.1 Å². The van der Waals surface area contributed by atoms with Gasteiger partial charge in [0.25, 0.3) is 5.69 Å². The van der Waals surface area contributed by atoms with Crippen molar-refractivity contribution in [2.24, 2.45) is 5.84 Å². The summed E-state index contributed by atoms with van der Waals surface area (Å²) in [6.07, 6.45) is 0.197. The molecule has 0 spiro atoms. The molecule has 0 unspecified atom stereocenters. The largest absolute Gasteiger partial charge is 0.377 e. The summed E-state index contributed by atoms with van der Waals surface area (Å²) >= 11 is 0. The average molecular weight is 282 g/mol. The molecule has 0 aliphatic heterocycles. The van der Waals surface area contributed by atoms with Crippen LogP contribution in [0.15, 0.2) is 18.2 Å². The fourth-order valence-electron chi connectivity index (χ4n) is 1.85. The lowest BCUT2D eigenvalue weighted by Gasteiger charge is -2.19. The summed E-state index contributed by atoms with van der Waals surface area (Å²) in [4.78, 5) is 12.5. The molecule has 7 heteroatoms. The molecule has 1 rings (SSSR count). The number of ether oxygens (including phenoxy) is 1. The highest BCUT2D eigenvalue weighted by Gasteiger charge is 2.17. The summed E-state index contributed by atoms with van der Waals surface area (Å²) in [7, 11) is 1.93. The molecule has 0 radical (unpaired) electrons. The van der Waals surface area contributed by atoms with Crippen molar-refractivity contribution < 1.29 is 9.66 Å². The van der Waals surface area contributed by atoms with Gasteiger partial charge < -0.3 is 10.2 Å². The molecule has 0 aromatic heterocycles. The Balaban J connectivity index is 2.71. The lowest BCUT2D eigenvalue weighted by Crippen LogP contribution is -2.25. The molecule has 1 aromatic carbocycles. The van der Waals surface area contributed by atoms with Crippen LogP contribution in [-0.2, 0) is 11.3 Å². The number of nitrogens with one attached hydrogen (secondary N) is 1. The maximum Gasteiger partial charge on any atom is 0.293 e. The second kappa shape index (κ2) is 7.78. The van der Waals surface area contributed by atoms with Gasteiger partial charge in [-0.1, -0.05) is 12.1 Å². The Labute approximate surface area is 118 Å². The van der Waals surface area contributed by atoms with Crippen LogP contribution in [0, 0.1) is 10.1 Å². The van der Waals surface area contributed by atoms with Crippen LogP contribution in [0.5, 0.6) is 0 Å². The maximum atomic E-state index is 10.9. The minimum absolute atomic E-state index is 0.0168. The van der Waals surface area contributed by atoms with E-state index in [9.17, 15) is 10.1 Å². The first-order valence-electron chi connectivity index (χ1n) is 6.48. The molecule has 7 nitrogen and oxygen atoms in total. The third kappa shape index (κ3) is 4.76. The number of hydrazine groups is 1. The van der Waals surface area contributed by atoms with Crippen molar-refractivity contribution in [2.75, 3.05) is 25.6 Å². The van der Waals surface area contributed by atoms with Gasteiger partial charge in [0.1, 0.15) is 5.69 Å². The zero-order valence-corrected chi connectivity index (χ0v) is 12.1. The monoisotopic (exact) mass is 282 g/mol. The first kappa shape index (κ1) is 16.4. The van der Waals surface area contributed by atoms with E-state index in [1.54, 1.807) is 6.07 Å². The second-order valence-electron chi connectivity index (χ2n) is 4.87. The van der Waals surface area contributed by atoms with Crippen LogP contribution in [0.2, 0.25) is 0 Å². The molecule has 0 fully saturated rings. The summed E-state index contributed by atoms with van der Waals surface area (Å²) in [5, 5.41) is 10.9. The number of benzene rings is 1. The summed E-state index contributed by atoms with van der Waals surface area (Å²) in [6, 6.07) is 4.91. The number of nitrogens with zero attached hydrogens (tertiary/aromatic N) is 2. The SMILES string of the molecule is CC(C)OCCN(C)Cc1cccc([N+](=O)[O-])c1NN. The fourth-order valence-corrected chi connectivity index (χ4v) is 1.85. The van der Waals surface area contributed by atoms with Gasteiger partial charge in [0.05, 0.1) is 17.6 Å². The molecule has 0 bridgehead atoms. The molecule has 0 saturated heterocycles. The predicted octanol–water partition coefficient (Wildman–Crippen LogP) is 1.74. The number of nitrogen functional groups attached to an aromatic ring is 1. The van der Waals surface area contributed by atoms with Crippen molar-refractivity contribution in [1.29, 1.82) is 0 Å². The van der Waals surface area contributed by atoms with Crippen LogP contribution < -0.4 is 11.3 Å². The van der Waals surface area contributed by atoms with Gasteiger partial charge in [0.15, 0.2) is 0 Å². The standard InChI is InChI=1S/C13H22N4O3/c1-10(2)20-8-7-16(3)9-11-5-4-6-12(17(18)19)13(11)15-14/h4-6,10,15H,7-9,14H2,1-3H3. The normalized spacial score (nSPS) is 11.1. The van der Waals surface area contributed by atoms with Gasteiger partial charge in [-0.2, -0.15) is 0 Å². The van der Waals surface area contributed by atoms with E-state index in [4.69, 9.17) is 10.6 Å². The second-order valence-corrected chi connectivity index (χ2v) is 4.87. The van der Waals surface area contributed by atoms with Gasteiger partial charge in [0, 0.05) is 19.2 Å². The van der Waals surface area contributed by atoms with E-state index < -0.39 is 4.92 Å². The highest BCUT2D eigenvalue weighted by Crippen LogP contribution is 2.27. The van der Waals surface area contributed by atoms with Gasteiger partial charge >= 0.3 is 0 Å². The molecule has 112 valence electrons. The molecule has 1 aromatic rings. The Bertz CT molecular complexity index is 451. The lowest BCUT2D eigenvalue weighted by atomic mass is 10.1. The topological polar surface area (TPSA) is 93.7 Å². The van der Waals surface area contributed by atoms with Crippen LogP contribution in [0.4, 0.5) is 11.4 Å². The number of nitro benzene ring substituents is 1. The molecule has 20 heavy (non-hydrogen) atoms. The van der Waals surface area contributed by atoms with Crippen molar-refractivity contribution in [3.63, 3.8) is 0 Å². The molecule has 0 heterocycles. The van der Waals surface area contributed by atoms with Crippen LogP contribution in [-0.4, -0.2) is 36.1 Å². The van der Waals surface area contributed by atoms with Crippen molar-refractivity contribution in [2.45, 2.75) is 26.5 Å². The fraction of sp³-hybridized carbons (Fsp3) is 0.538. The van der Waals surface area contributed by atoms with Gasteiger partial charge in [-0.25, -0.2) is 0 Å². The molecule has 0 amide bonds. The van der Waals surface area contributed by atoms with Crippen molar-refractivity contribution in [3.05, 3.63) is 33.9 Å². The van der Waals surface area contributed by atoms with E-state index in [1.165, 1.54) is 6.07 Å². The van der Waals surface area contributed by atoms with Gasteiger partial charge in [-0.15, -0.1) is 0 Å². The minimum atomic E-state index is -0.444. The van der Waals surface area contributed by atoms with Gasteiger partial charge in [0.2, 0.25) is 0 Å². The van der Waals surface area contributed by atoms with Crippen molar-refractivity contribution in [3.8, 4) is 0 Å². The Morgan fingerprint density at radius 2 is 2.20 bits per heavy atom. The Kier molecular flexibility index (Phi) is 6.37. The minimum Gasteiger partial charge on any atom is -0.377 e. The van der Waals surface area contributed by atoms with Crippen LogP contribution in [0.1, 0.15) is 19.4 Å². The van der Waals surface area contributed by atoms with Crippen molar-refractivity contribution in [1.82, 2.24) is 4.90 Å². The van der Waals surface area contributed by atoms with E-state index in [0.29, 0.717) is 18.8 Å². The molecule has 0 saturated carbocycles. The number of anilines is 1. The smallest absolute Gasteiger partial charge is 0.293 e. The number of para-hydroxylation sites is 1. The lowest BCUT2D eigenvalue weighted by molar-refractivity contribution is -0.384. The number of rotatable bonds is 8. The molecular formula is C13H22N4O3. The van der Waals surface area contributed by atoms with Crippen molar-refractivity contribution >= 4 is 11.4 Å². The number of nitrogens with two attached hydrogens (primary N) is 1. The molecule has 0 atom stereocenters. The summed E-state index contributed by atoms with van der Waals surface area (Å²) in [6.45, 7) is 5.88. The number of hydrogen-bond acceptors (Lipinski definition) is 6. The average Bonchev–Trinajstić information content (AvgIpc) is 2.37. The Hall–Kier alpha value is -1.70. The molecule has 0 aliphatic rings. The maximum absolute atomic E-state index is 10.9. The molecular weight excluding hydrogens is 260 g/mol. The zero-order chi connectivity index (χ0) is 15.1. The molecule has 0 aliphatic carbocycles. The third-order valence-corrected chi connectivity index (χ3v) is 2.83. The van der Waals surface area contributed by atoms with E-state index >= 15 is 0 Å². The van der Waals surface area contributed by atoms with E-state index in [-0.39, 0.29) is 11.8 Å². The highest BCUT2D eigenvalue weighted by molar-refractivity contribution is 5.65. The predicted molar refractivity (Wildman–Crippen MR) is 78.3 cm³/mol. The summed E-state index contributed by atoms with van der Waals surface area (Å²) in [5.74, 6) is 5.41. The quantitative estimate of drug-likeness (QED) is 0.428. The van der Waals surface area contributed by atoms with Crippen LogP contribution in [0.3, 0.4) is 0 Å². The van der Waals surface area contributed by atoms with Gasteiger partial charge in [-0.3, -0.25) is 20.9 Å². The third-order valence-electron chi connectivity index (χ3n) is 2.83. The Morgan fingerprint density at radius 3 is 2.75 bits per heavy atom. The Morgan fingerprint density at radius 1 is 1.50 bits per heavy atom. The van der Waals surface area contributed by atoms with Crippen LogP contribution >= 0.6 is 0 Å². The number of nitro groups is 1. The van der Waals surface area contributed by atoms with E-state index in [1.807, 2.05) is 31.9 Å². The first-order valence-corrected chi connectivity index (χ1v) is 6.48. The number of likely N-dealkylation sites (N-methyl/N-ethyl adjacent to an activating group) is 1. The summed E-state index contributed by atoms with van der Waals surface area (Å²) in [5.41, 5.74) is 3.55.